The molecule has 0 saturated heterocycles. The largest absolute Gasteiger partial charge is 0.276 e. The van der Waals surface area contributed by atoms with Crippen molar-refractivity contribution in [3.63, 3.8) is 0 Å². The minimum atomic E-state index is -0.506. The molecular weight excluding hydrogens is 242 g/mol. The molecule has 0 N–H and O–H groups in total. The van der Waals surface area contributed by atoms with E-state index in [1.54, 1.807) is 25.1 Å². The quantitative estimate of drug-likeness (QED) is 0.568. The van der Waals surface area contributed by atoms with E-state index in [-0.39, 0.29) is 0 Å². The second kappa shape index (κ2) is 4.83. The van der Waals surface area contributed by atoms with Gasteiger partial charge in [-0.25, -0.2) is 0 Å². The summed E-state index contributed by atoms with van der Waals surface area (Å²) in [6.07, 6.45) is 1.33. The molecule has 0 aliphatic carbocycles. The average Bonchev–Trinajstić information content (AvgIpc) is 2.08. The van der Waals surface area contributed by atoms with Crippen LogP contribution in [-0.4, -0.2) is 5.24 Å². The molecule has 74 valence electrons. The average molecular weight is 250 g/mol. The van der Waals surface area contributed by atoms with Gasteiger partial charge < -0.3 is 0 Å². The predicted octanol–water partition coefficient (Wildman–Crippen LogP) is 4.16. The lowest BCUT2D eigenvalue weighted by atomic mass is 10.1. The second-order valence-corrected chi connectivity index (χ2v) is 3.95. The fraction of sp³-hybridized carbons (Fsp3) is 0.100. The Hall–Kier alpha value is -0.500. The van der Waals surface area contributed by atoms with Gasteiger partial charge in [0.25, 0.3) is 0 Å². The van der Waals surface area contributed by atoms with Crippen LogP contribution in [0.5, 0.6) is 0 Å². The van der Waals surface area contributed by atoms with Gasteiger partial charge in [0.2, 0.25) is 5.24 Å². The second-order valence-electron chi connectivity index (χ2n) is 2.76. The van der Waals surface area contributed by atoms with Crippen LogP contribution in [0.1, 0.15) is 12.5 Å². The number of allylic oxidation sites excluding steroid dienone is 2. The molecule has 14 heavy (non-hydrogen) atoms. The third kappa shape index (κ3) is 3.02. The summed E-state index contributed by atoms with van der Waals surface area (Å²) in [7, 11) is 0. The van der Waals surface area contributed by atoms with Gasteiger partial charge in [-0.05, 0) is 41.8 Å². The van der Waals surface area contributed by atoms with E-state index in [0.717, 1.165) is 11.1 Å². The van der Waals surface area contributed by atoms with Gasteiger partial charge in [-0.2, -0.15) is 0 Å². The van der Waals surface area contributed by atoms with E-state index in [9.17, 15) is 4.79 Å². The van der Waals surface area contributed by atoms with Crippen LogP contribution in [0.15, 0.2) is 24.3 Å². The molecule has 0 bridgehead atoms. The molecular formula is C10H7Cl3O. The number of benzene rings is 1. The lowest BCUT2D eigenvalue weighted by Crippen LogP contribution is -1.84. The number of hydrogen-bond acceptors (Lipinski definition) is 1. The number of halogens is 3. The van der Waals surface area contributed by atoms with Gasteiger partial charge >= 0.3 is 0 Å². The van der Waals surface area contributed by atoms with Gasteiger partial charge in [0.1, 0.15) is 0 Å². The molecule has 4 heteroatoms. The summed E-state index contributed by atoms with van der Waals surface area (Å²) in [4.78, 5) is 10.6. The van der Waals surface area contributed by atoms with Gasteiger partial charge in [0.15, 0.2) is 0 Å². The van der Waals surface area contributed by atoms with Crippen molar-refractivity contribution in [3.8, 4) is 0 Å². The molecule has 1 nitrogen and oxygen atoms in total. The van der Waals surface area contributed by atoms with Crippen LogP contribution in [0.25, 0.3) is 5.57 Å². The zero-order valence-electron chi connectivity index (χ0n) is 7.35. The first-order chi connectivity index (χ1) is 6.50. The van der Waals surface area contributed by atoms with E-state index >= 15 is 0 Å². The Bertz CT molecular complexity index is 396. The molecule has 1 aromatic rings. The minimum Gasteiger partial charge on any atom is -0.276 e. The highest BCUT2D eigenvalue weighted by Gasteiger charge is 2.02. The molecule has 0 aromatic heterocycles. The highest BCUT2D eigenvalue weighted by atomic mass is 35.5. The van der Waals surface area contributed by atoms with Crippen molar-refractivity contribution in [1.29, 1.82) is 0 Å². The fourth-order valence-corrected chi connectivity index (χ4v) is 1.46. The summed E-state index contributed by atoms with van der Waals surface area (Å²) >= 11 is 16.8. The molecule has 1 rings (SSSR count). The molecule has 0 aliphatic rings. The molecule has 0 aliphatic heterocycles. The Morgan fingerprint density at radius 2 is 1.93 bits per heavy atom. The van der Waals surface area contributed by atoms with Gasteiger partial charge in [-0.3, -0.25) is 4.79 Å². The van der Waals surface area contributed by atoms with Crippen LogP contribution in [-0.2, 0) is 4.79 Å². The SMILES string of the molecule is C/C(=C/C(=O)Cl)c1ccc(Cl)c(Cl)c1. The number of carbonyl (C=O) groups is 1. The maximum Gasteiger partial charge on any atom is 0.245 e. The maximum absolute atomic E-state index is 10.6. The zero-order chi connectivity index (χ0) is 10.7. The molecule has 0 fully saturated rings. The molecule has 0 radical (unpaired) electrons. The predicted molar refractivity (Wildman–Crippen MR) is 61.0 cm³/mol. The van der Waals surface area contributed by atoms with E-state index in [2.05, 4.69) is 0 Å². The van der Waals surface area contributed by atoms with Crippen LogP contribution >= 0.6 is 34.8 Å². The first-order valence-corrected chi connectivity index (χ1v) is 4.97. The number of hydrogen-bond donors (Lipinski definition) is 0. The summed E-state index contributed by atoms with van der Waals surface area (Å²) in [6, 6.07) is 5.14. The monoisotopic (exact) mass is 248 g/mol. The Morgan fingerprint density at radius 3 is 2.43 bits per heavy atom. The van der Waals surface area contributed by atoms with Crippen molar-refractivity contribution in [1.82, 2.24) is 0 Å². The molecule has 0 atom stereocenters. The summed E-state index contributed by atoms with van der Waals surface area (Å²) < 4.78 is 0. The Balaban J connectivity index is 3.09. The van der Waals surface area contributed by atoms with Crippen molar-refractivity contribution in [3.05, 3.63) is 39.9 Å². The first-order valence-electron chi connectivity index (χ1n) is 3.84. The van der Waals surface area contributed by atoms with Crippen molar-refractivity contribution in [2.75, 3.05) is 0 Å². The highest BCUT2D eigenvalue weighted by molar-refractivity contribution is 6.67. The Morgan fingerprint density at radius 1 is 1.29 bits per heavy atom. The summed E-state index contributed by atoms with van der Waals surface area (Å²) in [5.41, 5.74) is 1.58. The minimum absolute atomic E-state index is 0.457. The van der Waals surface area contributed by atoms with Crippen molar-refractivity contribution < 1.29 is 4.79 Å². The third-order valence-corrected chi connectivity index (χ3v) is 2.55. The van der Waals surface area contributed by atoms with Crippen LogP contribution in [0.3, 0.4) is 0 Å². The maximum atomic E-state index is 10.6. The standard InChI is InChI=1S/C10H7Cl3O/c1-6(4-10(13)14)7-2-3-8(11)9(12)5-7/h2-5H,1H3/b6-4-. The van der Waals surface area contributed by atoms with Crippen LogP contribution in [0.4, 0.5) is 0 Å². The highest BCUT2D eigenvalue weighted by Crippen LogP contribution is 2.25. The lowest BCUT2D eigenvalue weighted by molar-refractivity contribution is -0.107. The van der Waals surface area contributed by atoms with E-state index < -0.39 is 5.24 Å². The molecule has 0 unspecified atom stereocenters. The molecule has 1 aromatic carbocycles. The van der Waals surface area contributed by atoms with Gasteiger partial charge in [0.05, 0.1) is 10.0 Å². The Kier molecular flexibility index (Phi) is 3.99. The lowest BCUT2D eigenvalue weighted by Gasteiger charge is -2.02. The van der Waals surface area contributed by atoms with Crippen LogP contribution in [0, 0.1) is 0 Å². The molecule has 0 amide bonds. The Labute approximate surface area is 97.3 Å². The van der Waals surface area contributed by atoms with Crippen molar-refractivity contribution in [2.45, 2.75) is 6.92 Å². The number of carbonyl (C=O) groups excluding carboxylic acids is 1. The van der Waals surface area contributed by atoms with Gasteiger partial charge in [0, 0.05) is 6.08 Å². The summed E-state index contributed by atoms with van der Waals surface area (Å²) in [5.74, 6) is 0. The third-order valence-electron chi connectivity index (χ3n) is 1.70. The molecule has 0 heterocycles. The van der Waals surface area contributed by atoms with E-state index in [1.807, 2.05) is 0 Å². The van der Waals surface area contributed by atoms with Crippen molar-refractivity contribution >= 4 is 45.6 Å². The molecule has 0 spiro atoms. The van der Waals surface area contributed by atoms with E-state index in [1.165, 1.54) is 6.08 Å². The van der Waals surface area contributed by atoms with E-state index in [4.69, 9.17) is 34.8 Å². The smallest absolute Gasteiger partial charge is 0.245 e. The normalized spacial score (nSPS) is 11.6. The first kappa shape index (κ1) is 11.6. The zero-order valence-corrected chi connectivity index (χ0v) is 9.62. The van der Waals surface area contributed by atoms with Gasteiger partial charge in [-0.15, -0.1) is 0 Å². The van der Waals surface area contributed by atoms with E-state index in [0.29, 0.717) is 10.0 Å². The number of rotatable bonds is 2. The summed E-state index contributed by atoms with van der Waals surface area (Å²) in [6.45, 7) is 1.78. The van der Waals surface area contributed by atoms with Gasteiger partial charge in [-0.1, -0.05) is 29.3 Å². The topological polar surface area (TPSA) is 17.1 Å². The molecule has 0 saturated carbocycles. The fourth-order valence-electron chi connectivity index (χ4n) is 0.995. The summed E-state index contributed by atoms with van der Waals surface area (Å²) in [5, 5.41) is 0.438. The van der Waals surface area contributed by atoms with Crippen LogP contribution in [0.2, 0.25) is 10.0 Å². The van der Waals surface area contributed by atoms with Crippen LogP contribution < -0.4 is 0 Å². The van der Waals surface area contributed by atoms with Crippen molar-refractivity contribution in [2.24, 2.45) is 0 Å².